The van der Waals surface area contributed by atoms with Gasteiger partial charge in [-0.25, -0.2) is 0 Å². The van der Waals surface area contributed by atoms with E-state index in [4.69, 9.17) is 0 Å². The van der Waals surface area contributed by atoms with Gasteiger partial charge in [0.25, 0.3) is 0 Å². The second-order valence-electron chi connectivity index (χ2n) is 1.73. The molecule has 1 heteroatoms. The number of hydrogen-bond acceptors (Lipinski definition) is 1. The zero-order valence-electron chi connectivity index (χ0n) is 5.81. The number of allylic oxidation sites excluding steroid dienone is 1. The van der Waals surface area contributed by atoms with E-state index >= 15 is 0 Å². The monoisotopic (exact) mass is 111 g/mol. The largest absolute Gasteiger partial charge is 0.293 e. The first-order chi connectivity index (χ1) is 3.81. The summed E-state index contributed by atoms with van der Waals surface area (Å²) in [7, 11) is 0. The molecular weight excluding hydrogens is 98.1 g/mol. The fourth-order valence-electron chi connectivity index (χ4n) is 0.327. The van der Waals surface area contributed by atoms with E-state index in [1.165, 1.54) is 5.57 Å². The Morgan fingerprint density at radius 2 is 2.12 bits per heavy atom. The highest BCUT2D eigenvalue weighted by Gasteiger charge is 1.78. The zero-order valence-corrected chi connectivity index (χ0v) is 5.81. The molecule has 0 amide bonds. The van der Waals surface area contributed by atoms with Crippen LogP contribution in [0, 0.1) is 0 Å². The van der Waals surface area contributed by atoms with Crippen molar-refractivity contribution < 1.29 is 0 Å². The molecule has 0 aromatic carbocycles. The van der Waals surface area contributed by atoms with Crippen LogP contribution in [-0.2, 0) is 0 Å². The maximum Gasteiger partial charge on any atom is 0.0592 e. The second kappa shape index (κ2) is 4.57. The van der Waals surface area contributed by atoms with Gasteiger partial charge in [-0.3, -0.25) is 4.99 Å². The van der Waals surface area contributed by atoms with Crippen molar-refractivity contribution in [2.24, 2.45) is 4.99 Å². The van der Waals surface area contributed by atoms with Crippen LogP contribution >= 0.6 is 0 Å². The van der Waals surface area contributed by atoms with Crippen LogP contribution in [-0.4, -0.2) is 12.8 Å². The summed E-state index contributed by atoms with van der Waals surface area (Å²) < 4.78 is 0. The first-order valence-corrected chi connectivity index (χ1v) is 2.87. The van der Waals surface area contributed by atoms with E-state index in [9.17, 15) is 0 Å². The molecule has 0 aromatic rings. The maximum absolute atomic E-state index is 4.05. The smallest absolute Gasteiger partial charge is 0.0592 e. The van der Waals surface area contributed by atoms with Crippen LogP contribution < -0.4 is 0 Å². The van der Waals surface area contributed by atoms with Gasteiger partial charge in [-0.2, -0.15) is 0 Å². The Kier molecular flexibility index (Phi) is 4.23. The van der Waals surface area contributed by atoms with E-state index in [2.05, 4.69) is 18.0 Å². The van der Waals surface area contributed by atoms with Crippen molar-refractivity contribution in [1.82, 2.24) is 0 Å². The maximum atomic E-state index is 4.05. The van der Waals surface area contributed by atoms with Crippen molar-refractivity contribution in [3.63, 3.8) is 0 Å². The second-order valence-corrected chi connectivity index (χ2v) is 1.73. The number of aliphatic imine (C=N–C) groups is 1. The standard InChI is InChI=1S/C7H13N/c1-4-7(3)6-8-5-2/h4-5H,6H2,1-3H3. The molecule has 0 unspecified atom stereocenters. The first kappa shape index (κ1) is 7.41. The average molecular weight is 111 g/mol. The molecule has 8 heavy (non-hydrogen) atoms. The predicted octanol–water partition coefficient (Wildman–Crippen LogP) is 2.04. The Bertz CT molecular complexity index is 101. The van der Waals surface area contributed by atoms with Gasteiger partial charge in [0.05, 0.1) is 6.54 Å². The van der Waals surface area contributed by atoms with Gasteiger partial charge < -0.3 is 0 Å². The van der Waals surface area contributed by atoms with Gasteiger partial charge in [0.15, 0.2) is 0 Å². The van der Waals surface area contributed by atoms with E-state index < -0.39 is 0 Å². The van der Waals surface area contributed by atoms with Crippen LogP contribution in [0.15, 0.2) is 16.6 Å². The summed E-state index contributed by atoms with van der Waals surface area (Å²) in [6.07, 6.45) is 3.90. The third-order valence-electron chi connectivity index (χ3n) is 1.02. The summed E-state index contributed by atoms with van der Waals surface area (Å²) in [6, 6.07) is 0. The molecule has 0 saturated carbocycles. The normalized spacial score (nSPS) is 13.1. The molecule has 0 aromatic heterocycles. The summed E-state index contributed by atoms with van der Waals surface area (Å²) in [6.45, 7) is 6.89. The molecule has 0 aliphatic carbocycles. The number of rotatable bonds is 2. The van der Waals surface area contributed by atoms with Gasteiger partial charge in [-0.05, 0) is 27.0 Å². The molecule has 0 saturated heterocycles. The van der Waals surface area contributed by atoms with Gasteiger partial charge >= 0.3 is 0 Å². The highest BCUT2D eigenvalue weighted by atomic mass is 14.7. The predicted molar refractivity (Wildman–Crippen MR) is 38.5 cm³/mol. The molecule has 0 radical (unpaired) electrons. The lowest BCUT2D eigenvalue weighted by atomic mass is 10.3. The fraction of sp³-hybridized carbons (Fsp3) is 0.571. The quantitative estimate of drug-likeness (QED) is 0.382. The Balaban J connectivity index is 3.40. The molecule has 0 heterocycles. The van der Waals surface area contributed by atoms with Crippen molar-refractivity contribution in [3.05, 3.63) is 11.6 Å². The highest BCUT2D eigenvalue weighted by Crippen LogP contribution is 1.89. The lowest BCUT2D eigenvalue weighted by Crippen LogP contribution is -1.80. The molecule has 0 aliphatic heterocycles. The third-order valence-corrected chi connectivity index (χ3v) is 1.02. The fourth-order valence-corrected chi connectivity index (χ4v) is 0.327. The number of nitrogens with zero attached hydrogens (tertiary/aromatic N) is 1. The molecule has 0 bridgehead atoms. The van der Waals surface area contributed by atoms with E-state index in [1.54, 1.807) is 0 Å². The lowest BCUT2D eigenvalue weighted by molar-refractivity contribution is 1.13. The molecule has 0 fully saturated rings. The minimum Gasteiger partial charge on any atom is -0.293 e. The van der Waals surface area contributed by atoms with Crippen LogP contribution in [0.3, 0.4) is 0 Å². The van der Waals surface area contributed by atoms with Crippen molar-refractivity contribution >= 4 is 6.21 Å². The Morgan fingerprint density at radius 3 is 2.50 bits per heavy atom. The summed E-state index contributed by atoms with van der Waals surface area (Å²) in [5.41, 5.74) is 1.32. The van der Waals surface area contributed by atoms with Gasteiger partial charge in [0.2, 0.25) is 0 Å². The first-order valence-electron chi connectivity index (χ1n) is 2.87. The minimum absolute atomic E-state index is 0.854. The van der Waals surface area contributed by atoms with Gasteiger partial charge in [-0.1, -0.05) is 11.6 Å². The molecule has 0 aliphatic rings. The number of hydrogen-bond donors (Lipinski definition) is 0. The van der Waals surface area contributed by atoms with Crippen molar-refractivity contribution in [3.8, 4) is 0 Å². The van der Waals surface area contributed by atoms with Crippen LogP contribution in [0.4, 0.5) is 0 Å². The summed E-state index contributed by atoms with van der Waals surface area (Å²) in [5.74, 6) is 0. The average Bonchev–Trinajstić information content (AvgIpc) is 1.83. The summed E-state index contributed by atoms with van der Waals surface area (Å²) in [4.78, 5) is 4.05. The molecule has 0 N–H and O–H groups in total. The van der Waals surface area contributed by atoms with Crippen molar-refractivity contribution in [2.45, 2.75) is 20.8 Å². The SMILES string of the molecule is CC=NCC(C)=CC. The summed E-state index contributed by atoms with van der Waals surface area (Å²) >= 11 is 0. The van der Waals surface area contributed by atoms with Crippen molar-refractivity contribution in [2.75, 3.05) is 6.54 Å². The zero-order chi connectivity index (χ0) is 6.41. The van der Waals surface area contributed by atoms with Gasteiger partial charge in [0.1, 0.15) is 0 Å². The van der Waals surface area contributed by atoms with Crippen LogP contribution in [0.5, 0.6) is 0 Å². The molecule has 0 spiro atoms. The van der Waals surface area contributed by atoms with E-state index in [1.807, 2.05) is 20.1 Å². The Hall–Kier alpha value is -0.590. The lowest BCUT2D eigenvalue weighted by Gasteiger charge is -1.88. The molecular formula is C7H13N. The Labute approximate surface area is 51.1 Å². The molecule has 46 valence electrons. The van der Waals surface area contributed by atoms with Crippen LogP contribution in [0.25, 0.3) is 0 Å². The topological polar surface area (TPSA) is 12.4 Å². The summed E-state index contributed by atoms with van der Waals surface area (Å²) in [5, 5.41) is 0. The Morgan fingerprint density at radius 1 is 1.50 bits per heavy atom. The van der Waals surface area contributed by atoms with E-state index in [0.29, 0.717) is 0 Å². The molecule has 0 rings (SSSR count). The van der Waals surface area contributed by atoms with E-state index in [-0.39, 0.29) is 0 Å². The van der Waals surface area contributed by atoms with Crippen molar-refractivity contribution in [1.29, 1.82) is 0 Å². The van der Waals surface area contributed by atoms with Crippen LogP contribution in [0.2, 0.25) is 0 Å². The van der Waals surface area contributed by atoms with E-state index in [0.717, 1.165) is 6.54 Å². The molecule has 0 atom stereocenters. The third kappa shape index (κ3) is 3.59. The molecule has 1 nitrogen and oxygen atoms in total. The van der Waals surface area contributed by atoms with Gasteiger partial charge in [0, 0.05) is 0 Å². The van der Waals surface area contributed by atoms with Gasteiger partial charge in [-0.15, -0.1) is 0 Å². The van der Waals surface area contributed by atoms with Crippen LogP contribution in [0.1, 0.15) is 20.8 Å². The highest BCUT2D eigenvalue weighted by molar-refractivity contribution is 5.53. The minimum atomic E-state index is 0.854.